The summed E-state index contributed by atoms with van der Waals surface area (Å²) in [6, 6.07) is 20.5. The molecule has 0 saturated carbocycles. The lowest BCUT2D eigenvalue weighted by atomic mass is 10.0. The second-order valence-corrected chi connectivity index (χ2v) is 14.4. The first-order valence-corrected chi connectivity index (χ1v) is 17.7. The molecule has 4 aromatic rings. The molecule has 0 fully saturated rings. The van der Waals surface area contributed by atoms with Crippen molar-refractivity contribution in [3.63, 3.8) is 0 Å². The smallest absolute Gasteiger partial charge is 0.354 e. The zero-order valence-electron chi connectivity index (χ0n) is 26.5. The molecule has 4 aromatic carbocycles. The molecule has 0 heterocycles. The van der Waals surface area contributed by atoms with E-state index in [-0.39, 0.29) is 22.9 Å². The first-order valence-electron chi connectivity index (χ1n) is 15.1. The highest BCUT2D eigenvalue weighted by molar-refractivity contribution is 7.92. The molecule has 0 aliphatic rings. The van der Waals surface area contributed by atoms with E-state index in [2.05, 4.69) is 5.32 Å². The molecule has 4 rings (SSSR count). The number of alkyl halides is 3. The van der Waals surface area contributed by atoms with Crippen LogP contribution in [0.2, 0.25) is 15.1 Å². The van der Waals surface area contributed by atoms with Gasteiger partial charge in [0.05, 0.1) is 21.2 Å². The number of carbonyl (C=O) groups is 2. The maximum atomic E-state index is 14.5. The molecule has 14 heteroatoms. The predicted octanol–water partition coefficient (Wildman–Crippen LogP) is 8.34. The number of carbonyl (C=O) groups excluding carboxylic acids is 2. The fourth-order valence-corrected chi connectivity index (χ4v) is 7.10. The molecule has 1 atom stereocenters. The van der Waals surface area contributed by atoms with E-state index in [0.29, 0.717) is 39.5 Å². The third-order valence-electron chi connectivity index (χ3n) is 7.61. The third kappa shape index (κ3) is 9.69. The Balaban J connectivity index is 1.88. The van der Waals surface area contributed by atoms with Crippen molar-refractivity contribution < 1.29 is 31.2 Å². The third-order valence-corrected chi connectivity index (χ3v) is 10.3. The van der Waals surface area contributed by atoms with Crippen LogP contribution in [-0.4, -0.2) is 44.3 Å². The van der Waals surface area contributed by atoms with Crippen molar-refractivity contribution in [2.75, 3.05) is 17.4 Å². The molecule has 0 aliphatic carbocycles. The number of rotatable bonds is 13. The van der Waals surface area contributed by atoms with E-state index in [1.54, 1.807) is 49.4 Å². The minimum absolute atomic E-state index is 0.0389. The first kappa shape index (κ1) is 38.0. The Kier molecular flexibility index (Phi) is 12.6. The van der Waals surface area contributed by atoms with Gasteiger partial charge < -0.3 is 10.2 Å². The van der Waals surface area contributed by atoms with Crippen molar-refractivity contribution in [3.8, 4) is 0 Å². The maximum absolute atomic E-state index is 14.5. The van der Waals surface area contributed by atoms with E-state index < -0.39 is 56.9 Å². The van der Waals surface area contributed by atoms with Gasteiger partial charge in [-0.1, -0.05) is 95.8 Å². The lowest BCUT2D eigenvalue weighted by Gasteiger charge is -2.34. The largest absolute Gasteiger partial charge is 0.417 e. The van der Waals surface area contributed by atoms with Crippen molar-refractivity contribution in [2.45, 2.75) is 50.3 Å². The van der Waals surface area contributed by atoms with E-state index in [0.717, 1.165) is 17.7 Å². The minimum Gasteiger partial charge on any atom is -0.354 e. The Labute approximate surface area is 298 Å². The Morgan fingerprint density at radius 3 is 2.16 bits per heavy atom. The van der Waals surface area contributed by atoms with E-state index in [1.807, 2.05) is 6.92 Å². The molecule has 1 N–H and O–H groups in total. The summed E-state index contributed by atoms with van der Waals surface area (Å²) in [5.74, 6) is -1.39. The van der Waals surface area contributed by atoms with Crippen LogP contribution < -0.4 is 9.62 Å². The summed E-state index contributed by atoms with van der Waals surface area (Å²) in [6.45, 7) is 2.68. The Bertz CT molecular complexity index is 1890. The van der Waals surface area contributed by atoms with Crippen LogP contribution in [0.1, 0.15) is 35.6 Å². The number of anilines is 1. The normalized spacial score (nSPS) is 12.3. The molecule has 0 spiro atoms. The predicted molar refractivity (Wildman–Crippen MR) is 186 cm³/mol. The van der Waals surface area contributed by atoms with Gasteiger partial charge in [0, 0.05) is 29.6 Å². The molecule has 0 radical (unpaired) electrons. The SMILES string of the molecule is CCCNC(=O)[C@H](Cc1ccccc1)N(Cc1ccc(Cl)cc1Cl)C(=O)CN(c1ccc(Cl)c(C(F)(F)F)c1)S(=O)(=O)c1ccc(C)cc1. The zero-order valence-corrected chi connectivity index (χ0v) is 29.6. The summed E-state index contributed by atoms with van der Waals surface area (Å²) in [5, 5.41) is 2.68. The number of amides is 2. The molecule has 49 heavy (non-hydrogen) atoms. The van der Waals surface area contributed by atoms with Crippen molar-refractivity contribution in [3.05, 3.63) is 128 Å². The average molecular weight is 755 g/mol. The summed E-state index contributed by atoms with van der Waals surface area (Å²) < 4.78 is 70.8. The maximum Gasteiger partial charge on any atom is 0.417 e. The molecular weight excluding hydrogens is 722 g/mol. The minimum atomic E-state index is -4.92. The van der Waals surface area contributed by atoms with Gasteiger partial charge in [0.25, 0.3) is 10.0 Å². The van der Waals surface area contributed by atoms with Crippen LogP contribution in [0.25, 0.3) is 0 Å². The lowest BCUT2D eigenvalue weighted by Crippen LogP contribution is -2.53. The van der Waals surface area contributed by atoms with Gasteiger partial charge in [-0.05, 0) is 66.9 Å². The molecule has 0 aliphatic heterocycles. The van der Waals surface area contributed by atoms with E-state index in [1.165, 1.54) is 35.2 Å². The van der Waals surface area contributed by atoms with Crippen LogP contribution in [0.5, 0.6) is 0 Å². The van der Waals surface area contributed by atoms with E-state index >= 15 is 0 Å². The van der Waals surface area contributed by atoms with Crippen molar-refractivity contribution in [1.82, 2.24) is 10.2 Å². The molecule has 2 amide bonds. The summed E-state index contributed by atoms with van der Waals surface area (Å²) in [7, 11) is -4.65. The van der Waals surface area contributed by atoms with Crippen LogP contribution in [0.15, 0.2) is 95.9 Å². The van der Waals surface area contributed by atoms with Crippen molar-refractivity contribution >= 4 is 62.3 Å². The number of nitrogens with zero attached hydrogens (tertiary/aromatic N) is 2. The van der Waals surface area contributed by atoms with Gasteiger partial charge in [-0.25, -0.2) is 8.42 Å². The van der Waals surface area contributed by atoms with Gasteiger partial charge in [0.15, 0.2) is 0 Å². The van der Waals surface area contributed by atoms with Crippen LogP contribution in [-0.2, 0) is 38.8 Å². The van der Waals surface area contributed by atoms with Crippen LogP contribution >= 0.6 is 34.8 Å². The van der Waals surface area contributed by atoms with Crippen LogP contribution in [0.3, 0.4) is 0 Å². The number of hydrogen-bond acceptors (Lipinski definition) is 4. The van der Waals surface area contributed by atoms with E-state index in [9.17, 15) is 31.2 Å². The summed E-state index contributed by atoms with van der Waals surface area (Å²) in [4.78, 5) is 29.2. The second-order valence-electron chi connectivity index (χ2n) is 11.2. The van der Waals surface area contributed by atoms with Gasteiger partial charge in [-0.15, -0.1) is 0 Å². The topological polar surface area (TPSA) is 86.8 Å². The highest BCUT2D eigenvalue weighted by Crippen LogP contribution is 2.38. The summed E-state index contributed by atoms with van der Waals surface area (Å²) >= 11 is 18.5. The average Bonchev–Trinajstić information content (AvgIpc) is 3.05. The number of aryl methyl sites for hydroxylation is 1. The van der Waals surface area contributed by atoms with Gasteiger partial charge in [-0.3, -0.25) is 13.9 Å². The van der Waals surface area contributed by atoms with Crippen molar-refractivity contribution in [2.24, 2.45) is 0 Å². The molecule has 260 valence electrons. The zero-order chi connectivity index (χ0) is 35.9. The van der Waals surface area contributed by atoms with Crippen molar-refractivity contribution in [1.29, 1.82) is 0 Å². The first-order chi connectivity index (χ1) is 23.1. The Morgan fingerprint density at radius 2 is 1.55 bits per heavy atom. The van der Waals surface area contributed by atoms with E-state index in [4.69, 9.17) is 34.8 Å². The lowest BCUT2D eigenvalue weighted by molar-refractivity contribution is -0.140. The molecule has 0 bridgehead atoms. The molecule has 0 unspecified atom stereocenters. The summed E-state index contributed by atoms with van der Waals surface area (Å²) in [5.41, 5.74) is 0.106. The number of halogens is 6. The second kappa shape index (κ2) is 16.3. The van der Waals surface area contributed by atoms with Crippen LogP contribution in [0.4, 0.5) is 18.9 Å². The van der Waals surface area contributed by atoms with Gasteiger partial charge >= 0.3 is 6.18 Å². The molecular formula is C35H33Cl3F3N3O4S. The quantitative estimate of drug-likeness (QED) is 0.149. The Morgan fingerprint density at radius 1 is 0.878 bits per heavy atom. The standard InChI is InChI=1S/C35H33Cl3F3N3O4S/c1-3-17-42-34(46)32(18-24-7-5-4-6-8-24)43(21-25-11-12-26(36)19-31(25)38)33(45)22-44(49(47,48)28-14-9-23(2)10-15-28)27-13-16-30(37)29(20-27)35(39,40)41/h4-16,19-20,32H,3,17-18,21-22H2,1-2H3,(H,42,46)/t32-/m0/s1. The highest BCUT2D eigenvalue weighted by Gasteiger charge is 2.38. The fourth-order valence-electron chi connectivity index (χ4n) is 5.01. The van der Waals surface area contributed by atoms with Gasteiger partial charge in [0.1, 0.15) is 12.6 Å². The number of hydrogen-bond donors (Lipinski definition) is 1. The fraction of sp³-hybridized carbons (Fsp3) is 0.257. The summed E-state index contributed by atoms with van der Waals surface area (Å²) in [6.07, 6.45) is -4.29. The van der Waals surface area contributed by atoms with Gasteiger partial charge in [0.2, 0.25) is 11.8 Å². The number of benzene rings is 4. The highest BCUT2D eigenvalue weighted by atomic mass is 35.5. The molecule has 0 aromatic heterocycles. The number of nitrogens with one attached hydrogen (secondary N) is 1. The monoisotopic (exact) mass is 753 g/mol. The Hall–Kier alpha value is -3.77. The molecule has 0 saturated heterocycles. The van der Waals surface area contributed by atoms with Crippen LogP contribution in [0, 0.1) is 6.92 Å². The number of sulfonamides is 1. The molecule has 7 nitrogen and oxygen atoms in total. The van der Waals surface area contributed by atoms with Gasteiger partial charge in [-0.2, -0.15) is 13.2 Å².